The Hall–Kier alpha value is -4.65. The van der Waals surface area contributed by atoms with Gasteiger partial charge in [-0.3, -0.25) is 23.9 Å². The second-order valence-electron chi connectivity index (χ2n) is 16.1. The molecular weight excluding hydrogens is 682 g/mol. The lowest BCUT2D eigenvalue weighted by Crippen LogP contribution is -2.65. The fraction of sp³-hybridized carbons (Fsp3) is 0.525. The van der Waals surface area contributed by atoms with Crippen LogP contribution in [0.3, 0.4) is 0 Å². The van der Waals surface area contributed by atoms with Crippen molar-refractivity contribution in [3.8, 4) is 0 Å². The maximum atomic E-state index is 14.5. The normalized spacial score (nSPS) is 23.6. The summed E-state index contributed by atoms with van der Waals surface area (Å²) in [6, 6.07) is 18.0. The topological polar surface area (TPSA) is 117 Å². The molecule has 1 aromatic heterocycles. The van der Waals surface area contributed by atoms with E-state index in [1.165, 1.54) is 11.1 Å². The molecule has 0 bridgehead atoms. The summed E-state index contributed by atoms with van der Waals surface area (Å²) < 4.78 is 36.0. The Morgan fingerprint density at radius 2 is 1.49 bits per heavy atom. The molecule has 1 spiro atoms. The number of piperidine rings is 1. The highest BCUT2D eigenvalue weighted by Gasteiger charge is 2.62. The molecule has 4 fully saturated rings. The Bertz CT molecular complexity index is 1820. The van der Waals surface area contributed by atoms with Crippen molar-refractivity contribution in [1.82, 2.24) is 29.8 Å². The summed E-state index contributed by atoms with van der Waals surface area (Å²) in [5.41, 5.74) is 1.53. The van der Waals surface area contributed by atoms with Crippen molar-refractivity contribution in [2.75, 3.05) is 39.3 Å². The van der Waals surface area contributed by atoms with Crippen molar-refractivity contribution < 1.29 is 32.7 Å². The van der Waals surface area contributed by atoms with Gasteiger partial charge < -0.3 is 24.8 Å². The maximum absolute atomic E-state index is 14.5. The number of amides is 4. The van der Waals surface area contributed by atoms with Crippen molar-refractivity contribution in [2.24, 2.45) is 22.7 Å². The third-order valence-electron chi connectivity index (χ3n) is 11.6. The molecule has 3 aromatic rings. The van der Waals surface area contributed by atoms with Gasteiger partial charge in [0.2, 0.25) is 17.7 Å². The Morgan fingerprint density at radius 3 is 2.11 bits per heavy atom. The molecule has 4 heterocycles. The van der Waals surface area contributed by atoms with E-state index in [1.807, 2.05) is 60.7 Å². The van der Waals surface area contributed by atoms with E-state index in [1.54, 1.807) is 27.6 Å². The minimum absolute atomic E-state index is 0.0594. The maximum Gasteiger partial charge on any atom is 0.257 e. The van der Waals surface area contributed by atoms with E-state index in [0.717, 1.165) is 17.5 Å². The van der Waals surface area contributed by atoms with E-state index < -0.39 is 54.1 Å². The number of halogens is 2. The van der Waals surface area contributed by atoms with Crippen LogP contribution in [-0.4, -0.2) is 105 Å². The predicted octanol–water partition coefficient (Wildman–Crippen LogP) is 4.23. The largest absolute Gasteiger partial charge is 0.371 e. The summed E-state index contributed by atoms with van der Waals surface area (Å²) >= 11 is 0. The van der Waals surface area contributed by atoms with Gasteiger partial charge in [-0.15, -0.1) is 0 Å². The van der Waals surface area contributed by atoms with Gasteiger partial charge in [0.25, 0.3) is 11.8 Å². The number of aromatic nitrogens is 2. The first-order valence-electron chi connectivity index (χ1n) is 18.5. The molecule has 1 saturated carbocycles. The number of likely N-dealkylation sites (tertiary alicyclic amines) is 3. The zero-order valence-electron chi connectivity index (χ0n) is 30.5. The van der Waals surface area contributed by atoms with E-state index in [2.05, 4.69) is 24.3 Å². The lowest BCUT2D eigenvalue weighted by molar-refractivity contribution is -0.153. The fourth-order valence-electron chi connectivity index (χ4n) is 8.08. The summed E-state index contributed by atoms with van der Waals surface area (Å²) in [4.78, 5) is 60.6. The number of nitrogens with zero attached hydrogens (tertiary/aromatic N) is 5. The van der Waals surface area contributed by atoms with Crippen LogP contribution in [-0.2, 0) is 32.3 Å². The third kappa shape index (κ3) is 7.85. The molecular formula is C40H48F2N6O5. The van der Waals surface area contributed by atoms with Gasteiger partial charge in [0.15, 0.2) is 0 Å². The van der Waals surface area contributed by atoms with Crippen molar-refractivity contribution >= 4 is 23.6 Å². The summed E-state index contributed by atoms with van der Waals surface area (Å²) in [6.07, 6.45) is 2.33. The first kappa shape index (κ1) is 36.7. The minimum atomic E-state index is -2.85. The van der Waals surface area contributed by atoms with E-state index in [9.17, 15) is 28.0 Å². The number of carbonyl (C=O) groups is 4. The van der Waals surface area contributed by atoms with Gasteiger partial charge in [0.1, 0.15) is 6.04 Å². The van der Waals surface area contributed by atoms with Crippen molar-refractivity contribution in [3.63, 3.8) is 0 Å². The molecule has 53 heavy (non-hydrogen) atoms. The standard InChI is InChI=1S/C40H48F2N6O5/c1-27(53-23-29-12-8-5-9-13-29)33(37(52)45-16-14-40(41,42)15-17-45)44-34(49)32-22-46(24-39(32)25-47(26-39)36(51)31-18-38(31,2)3)35(50)30-19-43-48(21-30)20-28-10-6-4-7-11-28/h4-13,19,21,27,31-33H,14-18,20,22-26H2,1-3H3,(H,44,49)/t27-,31-,32+,33+/m1/s1. The summed E-state index contributed by atoms with van der Waals surface area (Å²) in [7, 11) is 0. The highest BCUT2D eigenvalue weighted by Crippen LogP contribution is 2.54. The molecule has 3 aliphatic heterocycles. The van der Waals surface area contributed by atoms with Crippen molar-refractivity contribution in [3.05, 3.63) is 89.7 Å². The lowest BCUT2D eigenvalue weighted by Gasteiger charge is -2.50. The predicted molar refractivity (Wildman–Crippen MR) is 191 cm³/mol. The molecule has 11 nitrogen and oxygen atoms in total. The first-order chi connectivity index (χ1) is 25.2. The van der Waals surface area contributed by atoms with E-state index in [4.69, 9.17) is 4.74 Å². The number of alkyl halides is 2. The second kappa shape index (κ2) is 14.3. The minimum Gasteiger partial charge on any atom is -0.371 e. The number of rotatable bonds is 11. The molecule has 1 aliphatic carbocycles. The number of nitrogens with one attached hydrogen (secondary N) is 1. The van der Waals surface area contributed by atoms with Crippen LogP contribution in [0.4, 0.5) is 8.78 Å². The van der Waals surface area contributed by atoms with Crippen LogP contribution in [0, 0.1) is 22.7 Å². The number of hydrogen-bond acceptors (Lipinski definition) is 6. The van der Waals surface area contributed by atoms with Gasteiger partial charge >= 0.3 is 0 Å². The number of carbonyl (C=O) groups excluding carboxylic acids is 4. The summed E-state index contributed by atoms with van der Waals surface area (Å²) in [5, 5.41) is 7.37. The average Bonchev–Trinajstić information content (AvgIpc) is 3.42. The average molecular weight is 731 g/mol. The van der Waals surface area contributed by atoms with Gasteiger partial charge in [-0.25, -0.2) is 8.78 Å². The highest BCUT2D eigenvalue weighted by molar-refractivity contribution is 5.96. The third-order valence-corrected chi connectivity index (χ3v) is 11.6. The summed E-state index contributed by atoms with van der Waals surface area (Å²) in [6.45, 7) is 7.20. The fourth-order valence-corrected chi connectivity index (χ4v) is 8.08. The van der Waals surface area contributed by atoms with Crippen LogP contribution in [0.1, 0.15) is 61.5 Å². The van der Waals surface area contributed by atoms with Crippen LogP contribution in [0.25, 0.3) is 0 Å². The molecule has 0 unspecified atom stereocenters. The Labute approximate surface area is 308 Å². The molecule has 4 atom stereocenters. The lowest BCUT2D eigenvalue weighted by atomic mass is 9.70. The van der Waals surface area contributed by atoms with E-state index >= 15 is 0 Å². The molecule has 1 N–H and O–H groups in total. The molecule has 282 valence electrons. The van der Waals surface area contributed by atoms with Crippen LogP contribution < -0.4 is 5.32 Å². The van der Waals surface area contributed by atoms with Gasteiger partial charge in [0, 0.05) is 69.6 Å². The number of hydrogen-bond donors (Lipinski definition) is 1. The first-order valence-corrected chi connectivity index (χ1v) is 18.5. The van der Waals surface area contributed by atoms with Crippen LogP contribution in [0.2, 0.25) is 0 Å². The molecule has 2 aromatic carbocycles. The summed E-state index contributed by atoms with van der Waals surface area (Å²) in [5.74, 6) is -4.78. The smallest absolute Gasteiger partial charge is 0.257 e. The molecule has 0 radical (unpaired) electrons. The van der Waals surface area contributed by atoms with Gasteiger partial charge in [-0.2, -0.15) is 5.10 Å². The number of ether oxygens (including phenoxy) is 1. The molecule has 13 heteroatoms. The Morgan fingerprint density at radius 1 is 0.887 bits per heavy atom. The van der Waals surface area contributed by atoms with Crippen LogP contribution in [0.15, 0.2) is 73.1 Å². The zero-order chi connectivity index (χ0) is 37.5. The van der Waals surface area contributed by atoms with Crippen molar-refractivity contribution in [1.29, 1.82) is 0 Å². The highest BCUT2D eigenvalue weighted by atomic mass is 19.3. The molecule has 4 amide bonds. The molecule has 3 saturated heterocycles. The quantitative estimate of drug-likeness (QED) is 0.316. The van der Waals surface area contributed by atoms with E-state index in [0.29, 0.717) is 25.2 Å². The van der Waals surface area contributed by atoms with Gasteiger partial charge in [-0.05, 0) is 29.9 Å². The van der Waals surface area contributed by atoms with Gasteiger partial charge in [-0.1, -0.05) is 74.5 Å². The van der Waals surface area contributed by atoms with Crippen LogP contribution >= 0.6 is 0 Å². The number of benzene rings is 2. The molecule has 7 rings (SSSR count). The van der Waals surface area contributed by atoms with Crippen molar-refractivity contribution in [2.45, 2.75) is 71.3 Å². The van der Waals surface area contributed by atoms with Gasteiger partial charge in [0.05, 0.1) is 36.9 Å². The van der Waals surface area contributed by atoms with Crippen LogP contribution in [0.5, 0.6) is 0 Å². The molecule has 4 aliphatic rings. The Balaban J connectivity index is 1.10. The second-order valence-corrected chi connectivity index (χ2v) is 16.1. The monoisotopic (exact) mass is 730 g/mol. The zero-order valence-corrected chi connectivity index (χ0v) is 30.5. The Kier molecular flexibility index (Phi) is 9.90. The SMILES string of the molecule is C[C@@H](OCc1ccccc1)[C@H](NC(=O)[C@@H]1CN(C(=O)c2cnn(Cc3ccccc3)c2)CC12CN(C(=O)[C@H]1CC1(C)C)C2)C(=O)N1CCC(F)(F)CC1. The van der Waals surface area contributed by atoms with E-state index in [-0.39, 0.29) is 55.9 Å².